The number of halogens is 1. The van der Waals surface area contributed by atoms with Crippen molar-refractivity contribution >= 4 is 11.5 Å². The van der Waals surface area contributed by atoms with Crippen LogP contribution in [0.5, 0.6) is 5.75 Å². The average molecular weight is 394 g/mol. The number of rotatable bonds is 4. The van der Waals surface area contributed by atoms with E-state index in [-0.39, 0.29) is 22.2 Å². The summed E-state index contributed by atoms with van der Waals surface area (Å²) in [6.45, 7) is 8.68. The topological polar surface area (TPSA) is 46.5 Å². The molecule has 2 atom stereocenters. The first kappa shape index (κ1) is 19.7. The second kappa shape index (κ2) is 6.45. The van der Waals surface area contributed by atoms with E-state index in [9.17, 15) is 14.3 Å². The molecule has 2 aromatic rings. The summed E-state index contributed by atoms with van der Waals surface area (Å²) in [5.74, 6) is -0.295. The minimum atomic E-state index is -0.963. The number of hydrogen-bond donors (Lipinski definition) is 1. The number of fused-ring (bicyclic) bond motifs is 2. The number of methoxy groups -OCH3 is 1. The van der Waals surface area contributed by atoms with Gasteiger partial charge in [0, 0.05) is 5.56 Å². The third-order valence-corrected chi connectivity index (χ3v) is 7.70. The zero-order valence-corrected chi connectivity index (χ0v) is 17.6. The normalized spacial score (nSPS) is 24.5. The maximum absolute atomic E-state index is 14.9. The van der Waals surface area contributed by atoms with Gasteiger partial charge in [0.15, 0.2) is 0 Å². The maximum atomic E-state index is 14.9. The number of carbonyl (C=O) groups is 1. The molecule has 0 amide bonds. The highest BCUT2D eigenvalue weighted by molar-refractivity contribution is 5.96. The van der Waals surface area contributed by atoms with Crippen molar-refractivity contribution in [3.63, 3.8) is 0 Å². The minimum Gasteiger partial charge on any atom is -0.497 e. The van der Waals surface area contributed by atoms with Crippen LogP contribution in [0.1, 0.15) is 55.1 Å². The molecular weight excluding hydrogens is 367 g/mol. The van der Waals surface area contributed by atoms with Crippen molar-refractivity contribution < 1.29 is 19.0 Å². The predicted molar refractivity (Wildman–Crippen MR) is 113 cm³/mol. The summed E-state index contributed by atoms with van der Waals surface area (Å²) in [4.78, 5) is 11.9. The van der Waals surface area contributed by atoms with Crippen molar-refractivity contribution in [2.75, 3.05) is 7.11 Å². The fourth-order valence-corrected chi connectivity index (χ4v) is 5.41. The molecule has 152 valence electrons. The highest BCUT2D eigenvalue weighted by Gasteiger charge is 2.57. The van der Waals surface area contributed by atoms with Gasteiger partial charge < -0.3 is 9.84 Å². The van der Waals surface area contributed by atoms with Gasteiger partial charge in [-0.15, -0.1) is 0 Å². The molecule has 0 aliphatic heterocycles. The van der Waals surface area contributed by atoms with Crippen LogP contribution < -0.4 is 4.74 Å². The van der Waals surface area contributed by atoms with Crippen molar-refractivity contribution in [1.82, 2.24) is 0 Å². The molecule has 29 heavy (non-hydrogen) atoms. The Morgan fingerprint density at radius 2 is 1.90 bits per heavy atom. The maximum Gasteiger partial charge on any atom is 0.335 e. The number of benzene rings is 2. The van der Waals surface area contributed by atoms with Gasteiger partial charge in [-0.2, -0.15) is 0 Å². The van der Waals surface area contributed by atoms with E-state index in [0.717, 1.165) is 29.5 Å². The summed E-state index contributed by atoms with van der Waals surface area (Å²) in [5.41, 5.74) is 4.11. The van der Waals surface area contributed by atoms with E-state index in [4.69, 9.17) is 4.74 Å². The molecule has 2 aliphatic carbocycles. The van der Waals surface area contributed by atoms with Gasteiger partial charge in [-0.3, -0.25) is 0 Å². The molecule has 2 aromatic carbocycles. The quantitative estimate of drug-likeness (QED) is 0.657. The Morgan fingerprint density at radius 3 is 2.45 bits per heavy atom. The molecule has 2 aliphatic rings. The van der Waals surface area contributed by atoms with Gasteiger partial charge >= 0.3 is 5.97 Å². The lowest BCUT2D eigenvalue weighted by Gasteiger charge is -2.39. The van der Waals surface area contributed by atoms with Gasteiger partial charge in [0.05, 0.1) is 12.7 Å². The van der Waals surface area contributed by atoms with Crippen LogP contribution in [0.4, 0.5) is 4.39 Å². The van der Waals surface area contributed by atoms with E-state index < -0.39 is 5.97 Å². The van der Waals surface area contributed by atoms with Crippen LogP contribution in [0.15, 0.2) is 36.4 Å². The fourth-order valence-electron chi connectivity index (χ4n) is 5.41. The Labute approximate surface area is 171 Å². The summed E-state index contributed by atoms with van der Waals surface area (Å²) in [7, 11) is 1.55. The van der Waals surface area contributed by atoms with E-state index in [1.807, 2.05) is 6.92 Å². The summed E-state index contributed by atoms with van der Waals surface area (Å²) in [5, 5.41) is 9.72. The molecule has 0 radical (unpaired) electrons. The number of carboxylic acids is 1. The highest BCUT2D eigenvalue weighted by atomic mass is 19.1. The van der Waals surface area contributed by atoms with Crippen molar-refractivity contribution in [3.05, 3.63) is 58.9 Å². The molecule has 0 saturated heterocycles. The van der Waals surface area contributed by atoms with Crippen molar-refractivity contribution in [3.8, 4) is 16.9 Å². The minimum absolute atomic E-state index is 0.0797. The van der Waals surface area contributed by atoms with Gasteiger partial charge in [-0.25, -0.2) is 9.18 Å². The van der Waals surface area contributed by atoms with Crippen LogP contribution >= 0.6 is 0 Å². The Kier molecular flexibility index (Phi) is 4.38. The van der Waals surface area contributed by atoms with E-state index in [2.05, 4.69) is 26.8 Å². The average Bonchev–Trinajstić information content (AvgIpc) is 3.01. The van der Waals surface area contributed by atoms with E-state index >= 15 is 0 Å². The van der Waals surface area contributed by atoms with Crippen LogP contribution in [0.3, 0.4) is 0 Å². The zero-order chi connectivity index (χ0) is 21.1. The van der Waals surface area contributed by atoms with Crippen molar-refractivity contribution in [1.29, 1.82) is 0 Å². The largest absolute Gasteiger partial charge is 0.497 e. The molecular formula is C25H27FO3. The van der Waals surface area contributed by atoms with E-state index in [1.54, 1.807) is 31.4 Å². The van der Waals surface area contributed by atoms with Gasteiger partial charge in [-0.1, -0.05) is 32.9 Å². The molecule has 2 bridgehead atoms. The molecule has 3 nitrogen and oxygen atoms in total. The van der Waals surface area contributed by atoms with Crippen LogP contribution in [-0.2, 0) is 0 Å². The van der Waals surface area contributed by atoms with Gasteiger partial charge in [0.1, 0.15) is 11.6 Å². The van der Waals surface area contributed by atoms with Crippen LogP contribution in [0.2, 0.25) is 0 Å². The standard InChI is InChI=1S/C25H27FO3/c1-14-17(23(27)28)7-8-18(19-13-16(29-5)6-9-21(19)26)22(14)20-12-15-10-11-25(20,4)24(15,2)3/h6-9,12-13,15H,10-11H2,1-5H3,(H,27,28)/t15-,25+/m1/s1. The van der Waals surface area contributed by atoms with Gasteiger partial charge in [-0.05, 0) is 83.0 Å². The first-order chi connectivity index (χ1) is 13.6. The Morgan fingerprint density at radius 1 is 1.17 bits per heavy atom. The van der Waals surface area contributed by atoms with Gasteiger partial charge in [0.2, 0.25) is 0 Å². The summed E-state index contributed by atoms with van der Waals surface area (Å²) >= 11 is 0. The lowest BCUT2D eigenvalue weighted by molar-refractivity contribution is 0.0696. The molecule has 1 N–H and O–H groups in total. The molecule has 0 spiro atoms. The smallest absolute Gasteiger partial charge is 0.335 e. The first-order valence-electron chi connectivity index (χ1n) is 10.1. The third-order valence-electron chi connectivity index (χ3n) is 7.70. The molecule has 4 heteroatoms. The Bertz CT molecular complexity index is 1050. The zero-order valence-electron chi connectivity index (χ0n) is 17.6. The summed E-state index contributed by atoms with van der Waals surface area (Å²) in [6.07, 6.45) is 4.49. The molecule has 1 saturated carbocycles. The fraction of sp³-hybridized carbons (Fsp3) is 0.400. The monoisotopic (exact) mass is 394 g/mol. The summed E-state index contributed by atoms with van der Waals surface area (Å²) in [6, 6.07) is 8.01. The van der Waals surface area contributed by atoms with Crippen LogP contribution in [0, 0.1) is 29.5 Å². The third kappa shape index (κ3) is 2.65. The Hall–Kier alpha value is -2.62. The molecule has 4 rings (SSSR count). The second-order valence-corrected chi connectivity index (χ2v) is 9.09. The van der Waals surface area contributed by atoms with Crippen molar-refractivity contribution in [2.24, 2.45) is 16.7 Å². The summed E-state index contributed by atoms with van der Waals surface area (Å²) < 4.78 is 20.2. The lowest BCUT2D eigenvalue weighted by Crippen LogP contribution is -2.30. The number of allylic oxidation sites excluding steroid dienone is 2. The van der Waals surface area contributed by atoms with Gasteiger partial charge in [0.25, 0.3) is 0 Å². The molecule has 0 unspecified atom stereocenters. The number of aromatic carboxylic acids is 1. The predicted octanol–water partition coefficient (Wildman–Crippen LogP) is 6.35. The van der Waals surface area contributed by atoms with Crippen LogP contribution in [-0.4, -0.2) is 18.2 Å². The van der Waals surface area contributed by atoms with E-state index in [0.29, 0.717) is 22.8 Å². The first-order valence-corrected chi connectivity index (χ1v) is 10.1. The molecule has 0 aromatic heterocycles. The SMILES string of the molecule is COc1ccc(F)c(-c2ccc(C(=O)O)c(C)c2C2=C[C@H]3CC[C@]2(C)C3(C)C)c1. The number of ether oxygens (including phenoxy) is 1. The number of hydrogen-bond acceptors (Lipinski definition) is 2. The lowest BCUT2D eigenvalue weighted by atomic mass is 9.65. The number of carboxylic acid groups (broad SMARTS) is 1. The van der Waals surface area contributed by atoms with Crippen LogP contribution in [0.25, 0.3) is 16.7 Å². The second-order valence-electron chi connectivity index (χ2n) is 9.09. The molecule has 1 fully saturated rings. The Balaban J connectivity index is 2.03. The highest BCUT2D eigenvalue weighted by Crippen LogP contribution is 2.68. The van der Waals surface area contributed by atoms with Crippen molar-refractivity contribution in [2.45, 2.75) is 40.5 Å². The molecule has 0 heterocycles. The van der Waals surface area contributed by atoms with E-state index in [1.165, 1.54) is 6.07 Å².